The quantitative estimate of drug-likeness (QED) is 0.0715. The van der Waals surface area contributed by atoms with Crippen molar-refractivity contribution in [3.05, 3.63) is 95.1 Å². The zero-order valence-electron chi connectivity index (χ0n) is 30.9. The van der Waals surface area contributed by atoms with Crippen LogP contribution in [0.25, 0.3) is 43.1 Å². The van der Waals surface area contributed by atoms with Gasteiger partial charge in [-0.15, -0.1) is 0 Å². The Morgan fingerprint density at radius 1 is 0.574 bits per heavy atom. The standard InChI is InChI=1S/C43H41N3O7S/c1-24(2)25(3)45-40(47)32-14-10-28-30-12-16-34-39-35(17-13-31(37(30)39)29-11-15-33(41(45)48)38(32)36(28)29)43(50)46(42(34)49)26-6-8-27(9-7-26)54(51)23-20-44(18-21-52-4)19-22-53-5/h6-17,24-25H,18-23H2,1-5H3. The average molecular weight is 744 g/mol. The van der Waals surface area contributed by atoms with Crippen LogP contribution >= 0.6 is 0 Å². The molecule has 2 unspecified atom stereocenters. The monoisotopic (exact) mass is 743 g/mol. The first-order valence-corrected chi connectivity index (χ1v) is 19.5. The Balaban J connectivity index is 1.15. The van der Waals surface area contributed by atoms with Gasteiger partial charge in [0.25, 0.3) is 23.6 Å². The van der Waals surface area contributed by atoms with E-state index in [-0.39, 0.29) is 23.8 Å². The lowest BCUT2D eigenvalue weighted by atomic mass is 9.82. The van der Waals surface area contributed by atoms with Gasteiger partial charge in [0.05, 0.1) is 29.7 Å². The number of hydrogen-bond acceptors (Lipinski definition) is 8. The van der Waals surface area contributed by atoms with E-state index in [1.807, 2.05) is 45.0 Å². The highest BCUT2D eigenvalue weighted by Crippen LogP contribution is 2.46. The molecule has 10 nitrogen and oxygen atoms in total. The smallest absolute Gasteiger partial charge is 0.265 e. The minimum atomic E-state index is -1.30. The molecule has 0 spiro atoms. The predicted octanol–water partition coefficient (Wildman–Crippen LogP) is 6.88. The summed E-state index contributed by atoms with van der Waals surface area (Å²) in [4.78, 5) is 61.5. The van der Waals surface area contributed by atoms with Crippen LogP contribution in [0.4, 0.5) is 5.69 Å². The minimum absolute atomic E-state index is 0.0925. The molecular weight excluding hydrogens is 703 g/mol. The zero-order valence-corrected chi connectivity index (χ0v) is 31.7. The summed E-state index contributed by atoms with van der Waals surface area (Å²) in [7, 11) is 2.00. The molecule has 54 heavy (non-hydrogen) atoms. The van der Waals surface area contributed by atoms with Gasteiger partial charge in [-0.05, 0) is 93.7 Å². The zero-order chi connectivity index (χ0) is 38.0. The van der Waals surface area contributed by atoms with Gasteiger partial charge in [-0.25, -0.2) is 4.90 Å². The van der Waals surface area contributed by atoms with Crippen LogP contribution in [0.15, 0.2) is 77.7 Å². The van der Waals surface area contributed by atoms with Crippen molar-refractivity contribution >= 4 is 83.2 Å². The Hall–Kier alpha value is -5.07. The Morgan fingerprint density at radius 2 is 1.00 bits per heavy atom. The molecule has 2 heterocycles. The number of carbonyl (C=O) groups excluding carboxylic acids is 4. The maximum Gasteiger partial charge on any atom is 0.265 e. The van der Waals surface area contributed by atoms with Crippen molar-refractivity contribution in [2.75, 3.05) is 57.7 Å². The number of amides is 4. The van der Waals surface area contributed by atoms with E-state index in [0.29, 0.717) is 82.2 Å². The first-order valence-electron chi connectivity index (χ1n) is 18.2. The van der Waals surface area contributed by atoms with Gasteiger partial charge in [0.15, 0.2) is 0 Å². The fraction of sp³-hybridized carbons (Fsp3) is 0.302. The summed E-state index contributed by atoms with van der Waals surface area (Å²) < 4.78 is 23.7. The molecule has 11 heteroatoms. The van der Waals surface area contributed by atoms with E-state index >= 15 is 0 Å². The van der Waals surface area contributed by atoms with Crippen LogP contribution in [0, 0.1) is 5.92 Å². The number of hydrogen-bond donors (Lipinski definition) is 0. The number of ether oxygens (including phenoxy) is 2. The molecule has 2 atom stereocenters. The number of methoxy groups -OCH3 is 2. The van der Waals surface area contributed by atoms with Crippen LogP contribution in [0.5, 0.6) is 0 Å². The summed E-state index contributed by atoms with van der Waals surface area (Å²) in [5.74, 6) is -0.976. The van der Waals surface area contributed by atoms with Crippen molar-refractivity contribution in [3.63, 3.8) is 0 Å². The molecule has 0 fully saturated rings. The van der Waals surface area contributed by atoms with Crippen molar-refractivity contribution in [3.8, 4) is 0 Å². The minimum Gasteiger partial charge on any atom is -0.383 e. The topological polar surface area (TPSA) is 114 Å². The van der Waals surface area contributed by atoms with Gasteiger partial charge in [-0.3, -0.25) is 33.2 Å². The normalized spacial score (nSPS) is 15.7. The van der Waals surface area contributed by atoms with E-state index in [0.717, 1.165) is 32.3 Å². The van der Waals surface area contributed by atoms with Gasteiger partial charge in [0.2, 0.25) is 0 Å². The van der Waals surface area contributed by atoms with Crippen LogP contribution in [0.1, 0.15) is 62.2 Å². The summed E-state index contributed by atoms with van der Waals surface area (Å²) in [5, 5.41) is 6.21. The van der Waals surface area contributed by atoms with E-state index in [1.54, 1.807) is 62.8 Å². The largest absolute Gasteiger partial charge is 0.383 e. The van der Waals surface area contributed by atoms with Gasteiger partial charge in [-0.1, -0.05) is 38.1 Å². The average Bonchev–Trinajstić information content (AvgIpc) is 3.18. The third-order valence-electron chi connectivity index (χ3n) is 11.2. The van der Waals surface area contributed by atoms with E-state index in [4.69, 9.17) is 9.47 Å². The summed E-state index contributed by atoms with van der Waals surface area (Å²) in [6, 6.07) is 21.3. The highest BCUT2D eigenvalue weighted by molar-refractivity contribution is 7.85. The number of rotatable bonds is 13. The molecule has 0 saturated heterocycles. The molecule has 276 valence electrons. The second kappa shape index (κ2) is 14.0. The third-order valence-corrected chi connectivity index (χ3v) is 12.6. The summed E-state index contributed by atoms with van der Waals surface area (Å²) in [5.41, 5.74) is 2.19. The van der Waals surface area contributed by atoms with Crippen molar-refractivity contribution < 1.29 is 32.9 Å². The van der Waals surface area contributed by atoms with E-state index in [1.165, 1.54) is 9.80 Å². The molecular formula is C43H41N3O7S. The Labute approximate surface area is 315 Å². The van der Waals surface area contributed by atoms with Gasteiger partial charge in [0.1, 0.15) is 0 Å². The fourth-order valence-electron chi connectivity index (χ4n) is 8.04. The predicted molar refractivity (Wildman–Crippen MR) is 212 cm³/mol. The van der Waals surface area contributed by atoms with E-state index in [2.05, 4.69) is 4.90 Å². The second-order valence-corrected chi connectivity index (χ2v) is 16.0. The first kappa shape index (κ1) is 35.9. The molecule has 0 N–H and O–H groups in total. The third kappa shape index (κ3) is 5.52. The Morgan fingerprint density at radius 3 is 1.41 bits per heavy atom. The molecule has 0 aromatic heterocycles. The summed E-state index contributed by atoms with van der Waals surface area (Å²) in [6.07, 6.45) is 0. The number of benzene rings is 6. The van der Waals surface area contributed by atoms with Crippen LogP contribution in [0.3, 0.4) is 0 Å². The van der Waals surface area contributed by atoms with Crippen molar-refractivity contribution in [2.24, 2.45) is 5.92 Å². The number of fused-ring (bicyclic) bond motifs is 2. The maximum atomic E-state index is 14.2. The Bertz CT molecular complexity index is 2420. The molecule has 0 bridgehead atoms. The first-order chi connectivity index (χ1) is 26.1. The highest BCUT2D eigenvalue weighted by atomic mass is 32.2. The molecule has 6 aromatic carbocycles. The molecule has 8 rings (SSSR count). The number of carbonyl (C=O) groups is 4. The molecule has 4 amide bonds. The summed E-state index contributed by atoms with van der Waals surface area (Å²) in [6.45, 7) is 9.03. The van der Waals surface area contributed by atoms with Gasteiger partial charge in [0, 0.05) is 83.6 Å². The van der Waals surface area contributed by atoms with Gasteiger partial charge >= 0.3 is 0 Å². The molecule has 2 aliphatic heterocycles. The van der Waals surface area contributed by atoms with Gasteiger partial charge < -0.3 is 9.47 Å². The molecule has 0 aliphatic carbocycles. The van der Waals surface area contributed by atoms with Gasteiger partial charge in [-0.2, -0.15) is 0 Å². The fourth-order valence-corrected chi connectivity index (χ4v) is 9.14. The van der Waals surface area contributed by atoms with Crippen LogP contribution in [-0.4, -0.2) is 96.5 Å². The van der Waals surface area contributed by atoms with Crippen molar-refractivity contribution in [2.45, 2.75) is 31.7 Å². The van der Waals surface area contributed by atoms with Crippen molar-refractivity contribution in [1.82, 2.24) is 9.80 Å². The lowest BCUT2D eigenvalue weighted by Gasteiger charge is -2.34. The molecule has 6 aromatic rings. The van der Waals surface area contributed by atoms with Crippen molar-refractivity contribution in [1.29, 1.82) is 0 Å². The number of anilines is 1. The SMILES string of the molecule is COCCN(CCOC)CCS(=O)c1ccc(N2C(=O)c3ccc4c5ccc6c7c(ccc(c8ccc(c3c48)C2=O)c75)C(=O)N(C(C)C(C)C)C6=O)cc1. The van der Waals surface area contributed by atoms with Crippen LogP contribution in [-0.2, 0) is 20.3 Å². The van der Waals surface area contributed by atoms with Crippen LogP contribution in [0.2, 0.25) is 0 Å². The lowest BCUT2D eigenvalue weighted by Crippen LogP contribution is -2.47. The van der Waals surface area contributed by atoms with Crippen LogP contribution < -0.4 is 4.90 Å². The van der Waals surface area contributed by atoms with E-state index < -0.39 is 22.6 Å². The number of imide groups is 2. The highest BCUT2D eigenvalue weighted by Gasteiger charge is 2.39. The maximum absolute atomic E-state index is 14.2. The lowest BCUT2D eigenvalue weighted by molar-refractivity contribution is 0.0512. The molecule has 0 saturated carbocycles. The Kier molecular flexibility index (Phi) is 9.30. The summed E-state index contributed by atoms with van der Waals surface area (Å²) >= 11 is 0. The molecule has 0 radical (unpaired) electrons. The van der Waals surface area contributed by atoms with E-state index in [9.17, 15) is 23.4 Å². The molecule has 2 aliphatic rings. The number of nitrogens with zero attached hydrogens (tertiary/aromatic N) is 3. The second-order valence-electron chi connectivity index (χ2n) is 14.4.